The van der Waals surface area contributed by atoms with Crippen molar-refractivity contribution in [2.24, 2.45) is 17.6 Å². The van der Waals surface area contributed by atoms with Crippen LogP contribution in [-0.4, -0.2) is 11.3 Å². The van der Waals surface area contributed by atoms with E-state index in [-0.39, 0.29) is 11.9 Å². The van der Waals surface area contributed by atoms with E-state index in [1.54, 1.807) is 23.9 Å². The Labute approximate surface area is 113 Å². The molecule has 1 aromatic rings. The van der Waals surface area contributed by atoms with Crippen LogP contribution in [0.1, 0.15) is 33.1 Å². The van der Waals surface area contributed by atoms with Crippen LogP contribution < -0.4 is 5.73 Å². The lowest BCUT2D eigenvalue weighted by atomic mass is 9.79. The molecule has 0 amide bonds. The normalized spacial score (nSPS) is 28.6. The minimum absolute atomic E-state index is 0.162. The number of rotatable bonds is 3. The summed E-state index contributed by atoms with van der Waals surface area (Å²) in [6.07, 6.45) is 3.48. The van der Waals surface area contributed by atoms with Gasteiger partial charge in [-0.25, -0.2) is 4.39 Å². The summed E-state index contributed by atoms with van der Waals surface area (Å²) in [4.78, 5) is 1.000. The summed E-state index contributed by atoms with van der Waals surface area (Å²) in [5.41, 5.74) is 6.21. The largest absolute Gasteiger partial charge is 0.327 e. The highest BCUT2D eigenvalue weighted by Crippen LogP contribution is 2.38. The minimum Gasteiger partial charge on any atom is -0.327 e. The van der Waals surface area contributed by atoms with Crippen molar-refractivity contribution in [3.05, 3.63) is 30.1 Å². The molecule has 1 aromatic carbocycles. The smallest absolute Gasteiger partial charge is 0.124 e. The molecule has 1 aliphatic carbocycles. The lowest BCUT2D eigenvalue weighted by molar-refractivity contribution is 0.266. The fourth-order valence-electron chi connectivity index (χ4n) is 2.64. The van der Waals surface area contributed by atoms with E-state index in [2.05, 4.69) is 13.8 Å². The molecule has 0 radical (unpaired) electrons. The Morgan fingerprint density at radius 2 is 2.11 bits per heavy atom. The maximum Gasteiger partial charge on any atom is 0.124 e. The van der Waals surface area contributed by atoms with Gasteiger partial charge in [-0.2, -0.15) is 0 Å². The van der Waals surface area contributed by atoms with E-state index in [9.17, 15) is 4.39 Å². The predicted octanol–water partition coefficient (Wildman–Crippen LogP) is 4.07. The zero-order valence-electron chi connectivity index (χ0n) is 11.1. The van der Waals surface area contributed by atoms with E-state index in [1.807, 2.05) is 6.07 Å². The predicted molar refractivity (Wildman–Crippen MR) is 76.2 cm³/mol. The van der Waals surface area contributed by atoms with Gasteiger partial charge in [0.1, 0.15) is 5.82 Å². The van der Waals surface area contributed by atoms with Crippen LogP contribution in [-0.2, 0) is 0 Å². The molecule has 2 N–H and O–H groups in total. The Morgan fingerprint density at radius 3 is 2.78 bits per heavy atom. The van der Waals surface area contributed by atoms with E-state index in [0.717, 1.165) is 23.7 Å². The Bertz CT molecular complexity index is 394. The second-order valence-corrected chi connectivity index (χ2v) is 6.91. The molecule has 0 aliphatic heterocycles. The molecule has 0 aromatic heterocycles. The monoisotopic (exact) mass is 267 g/mol. The number of benzene rings is 1. The van der Waals surface area contributed by atoms with Crippen LogP contribution in [0.25, 0.3) is 0 Å². The zero-order chi connectivity index (χ0) is 13.1. The summed E-state index contributed by atoms with van der Waals surface area (Å²) in [6.45, 7) is 4.57. The SMILES string of the molecule is CC(C)C1CCC(N)C(Sc2cccc(F)c2)C1. The van der Waals surface area contributed by atoms with Crippen molar-refractivity contribution in [2.75, 3.05) is 0 Å². The second kappa shape index (κ2) is 6.07. The highest BCUT2D eigenvalue weighted by molar-refractivity contribution is 8.00. The average molecular weight is 267 g/mol. The van der Waals surface area contributed by atoms with Crippen molar-refractivity contribution in [1.82, 2.24) is 0 Å². The number of halogens is 1. The van der Waals surface area contributed by atoms with Gasteiger partial charge >= 0.3 is 0 Å². The van der Waals surface area contributed by atoms with Crippen molar-refractivity contribution in [2.45, 2.75) is 49.3 Å². The van der Waals surface area contributed by atoms with Gasteiger partial charge in [0.25, 0.3) is 0 Å². The lowest BCUT2D eigenvalue weighted by Crippen LogP contribution is -2.39. The Morgan fingerprint density at radius 1 is 1.33 bits per heavy atom. The Kier molecular flexibility index (Phi) is 4.68. The van der Waals surface area contributed by atoms with Crippen molar-refractivity contribution in [3.8, 4) is 0 Å². The molecule has 3 unspecified atom stereocenters. The standard InChI is InChI=1S/C15H22FNS/c1-10(2)11-6-7-14(17)15(8-11)18-13-5-3-4-12(16)9-13/h3-5,9-11,14-15H,6-8,17H2,1-2H3. The van der Waals surface area contributed by atoms with Crippen LogP contribution in [0, 0.1) is 17.7 Å². The van der Waals surface area contributed by atoms with Gasteiger partial charge in [-0.15, -0.1) is 11.8 Å². The molecule has 18 heavy (non-hydrogen) atoms. The summed E-state index contributed by atoms with van der Waals surface area (Å²) in [6, 6.07) is 7.08. The van der Waals surface area contributed by atoms with Gasteiger partial charge in [-0.1, -0.05) is 19.9 Å². The van der Waals surface area contributed by atoms with Gasteiger partial charge in [-0.05, 0) is 49.3 Å². The molecule has 1 aliphatic rings. The van der Waals surface area contributed by atoms with Gasteiger partial charge in [0.2, 0.25) is 0 Å². The third-order valence-corrected chi connectivity index (χ3v) is 5.28. The van der Waals surface area contributed by atoms with Crippen LogP contribution >= 0.6 is 11.8 Å². The van der Waals surface area contributed by atoms with E-state index in [1.165, 1.54) is 12.5 Å². The molecule has 0 spiro atoms. The molecule has 3 atom stereocenters. The lowest BCUT2D eigenvalue weighted by Gasteiger charge is -2.35. The van der Waals surface area contributed by atoms with E-state index >= 15 is 0 Å². The Hall–Kier alpha value is -0.540. The summed E-state index contributed by atoms with van der Waals surface area (Å²) in [5.74, 6) is 1.31. The van der Waals surface area contributed by atoms with Crippen LogP contribution in [0.4, 0.5) is 4.39 Å². The quantitative estimate of drug-likeness (QED) is 0.893. The molecule has 1 nitrogen and oxygen atoms in total. The van der Waals surface area contributed by atoms with Crippen molar-refractivity contribution in [3.63, 3.8) is 0 Å². The van der Waals surface area contributed by atoms with E-state index in [0.29, 0.717) is 11.2 Å². The molecule has 1 fully saturated rings. The van der Waals surface area contributed by atoms with Crippen LogP contribution in [0.2, 0.25) is 0 Å². The second-order valence-electron chi connectivity index (χ2n) is 5.59. The number of nitrogens with two attached hydrogens (primary N) is 1. The summed E-state index contributed by atoms with van der Waals surface area (Å²) >= 11 is 1.74. The zero-order valence-corrected chi connectivity index (χ0v) is 11.9. The first-order valence-electron chi connectivity index (χ1n) is 6.74. The fraction of sp³-hybridized carbons (Fsp3) is 0.600. The molecule has 0 heterocycles. The molecule has 1 saturated carbocycles. The third kappa shape index (κ3) is 3.48. The number of thioether (sulfide) groups is 1. The van der Waals surface area contributed by atoms with Crippen LogP contribution in [0.15, 0.2) is 29.2 Å². The summed E-state index contributed by atoms with van der Waals surface area (Å²) < 4.78 is 13.2. The molecule has 0 saturated heterocycles. The van der Waals surface area contributed by atoms with Gasteiger partial charge in [0.15, 0.2) is 0 Å². The first-order chi connectivity index (χ1) is 8.56. The topological polar surface area (TPSA) is 26.0 Å². The summed E-state index contributed by atoms with van der Waals surface area (Å²) in [7, 11) is 0. The number of hydrogen-bond donors (Lipinski definition) is 1. The van der Waals surface area contributed by atoms with Crippen LogP contribution in [0.5, 0.6) is 0 Å². The average Bonchev–Trinajstić information content (AvgIpc) is 2.31. The Balaban J connectivity index is 2.02. The van der Waals surface area contributed by atoms with Gasteiger partial charge in [-0.3, -0.25) is 0 Å². The maximum atomic E-state index is 13.2. The minimum atomic E-state index is -0.162. The summed E-state index contributed by atoms with van der Waals surface area (Å²) in [5, 5.41) is 0.424. The van der Waals surface area contributed by atoms with Gasteiger partial charge in [0, 0.05) is 16.2 Å². The van der Waals surface area contributed by atoms with Crippen LogP contribution in [0.3, 0.4) is 0 Å². The maximum absolute atomic E-state index is 13.2. The number of hydrogen-bond acceptors (Lipinski definition) is 2. The fourth-order valence-corrected chi connectivity index (χ4v) is 3.98. The highest BCUT2D eigenvalue weighted by atomic mass is 32.2. The van der Waals surface area contributed by atoms with Crippen molar-refractivity contribution in [1.29, 1.82) is 0 Å². The molecular weight excluding hydrogens is 245 g/mol. The van der Waals surface area contributed by atoms with Crippen molar-refractivity contribution < 1.29 is 4.39 Å². The molecule has 0 bridgehead atoms. The third-order valence-electron chi connectivity index (χ3n) is 3.91. The first kappa shape index (κ1) is 13.9. The van der Waals surface area contributed by atoms with Gasteiger partial charge in [0.05, 0.1) is 0 Å². The highest BCUT2D eigenvalue weighted by Gasteiger charge is 2.30. The molecule has 2 rings (SSSR count). The van der Waals surface area contributed by atoms with E-state index in [4.69, 9.17) is 5.73 Å². The molecular formula is C15H22FNS. The van der Waals surface area contributed by atoms with Gasteiger partial charge < -0.3 is 5.73 Å². The molecule has 3 heteroatoms. The van der Waals surface area contributed by atoms with E-state index < -0.39 is 0 Å². The van der Waals surface area contributed by atoms with Crippen molar-refractivity contribution >= 4 is 11.8 Å². The molecule has 100 valence electrons. The first-order valence-corrected chi connectivity index (χ1v) is 7.62.